The average molecular weight is 230 g/mol. The molecule has 2 saturated carbocycles. The standard InChI is InChI=1S/C12H20ClNO/c1-7(4-13)5-14-6-9-2-8-3-10(9)11(14)12(8)15/h7-12,15H,2-6H2,1H3. The van der Waals surface area contributed by atoms with E-state index in [0.29, 0.717) is 17.9 Å². The molecule has 0 spiro atoms. The Kier molecular flexibility index (Phi) is 2.50. The molecule has 3 heteroatoms. The van der Waals surface area contributed by atoms with Crippen LogP contribution in [0.25, 0.3) is 0 Å². The van der Waals surface area contributed by atoms with Gasteiger partial charge in [0.2, 0.25) is 0 Å². The van der Waals surface area contributed by atoms with Crippen LogP contribution in [0.3, 0.4) is 0 Å². The molecule has 3 fully saturated rings. The second-order valence-electron chi connectivity index (χ2n) is 5.85. The summed E-state index contributed by atoms with van der Waals surface area (Å²) < 4.78 is 0. The number of halogens is 1. The molecule has 0 aromatic rings. The van der Waals surface area contributed by atoms with Gasteiger partial charge in [0.1, 0.15) is 0 Å². The predicted molar refractivity (Wildman–Crippen MR) is 61.0 cm³/mol. The van der Waals surface area contributed by atoms with Crippen molar-refractivity contribution in [1.29, 1.82) is 0 Å². The summed E-state index contributed by atoms with van der Waals surface area (Å²) in [7, 11) is 0. The van der Waals surface area contributed by atoms with Crippen molar-refractivity contribution in [3.8, 4) is 0 Å². The highest BCUT2D eigenvalue weighted by atomic mass is 35.5. The van der Waals surface area contributed by atoms with Gasteiger partial charge in [0, 0.05) is 25.0 Å². The number of likely N-dealkylation sites (tertiary alicyclic amines) is 1. The minimum absolute atomic E-state index is 0.0451. The number of hydrogen-bond donors (Lipinski definition) is 1. The van der Waals surface area contributed by atoms with Crippen LogP contribution in [0.5, 0.6) is 0 Å². The molecule has 0 amide bonds. The number of fused-ring (bicyclic) bond motifs is 1. The Labute approximate surface area is 96.6 Å². The topological polar surface area (TPSA) is 23.5 Å². The second kappa shape index (κ2) is 3.61. The smallest absolute Gasteiger partial charge is 0.0726 e. The lowest BCUT2D eigenvalue weighted by atomic mass is 9.88. The van der Waals surface area contributed by atoms with E-state index in [1.165, 1.54) is 19.4 Å². The Morgan fingerprint density at radius 2 is 2.20 bits per heavy atom. The zero-order chi connectivity index (χ0) is 10.6. The van der Waals surface area contributed by atoms with Gasteiger partial charge in [-0.3, -0.25) is 4.90 Å². The Morgan fingerprint density at radius 1 is 1.40 bits per heavy atom. The maximum absolute atomic E-state index is 10.2. The van der Waals surface area contributed by atoms with Gasteiger partial charge in [-0.05, 0) is 36.5 Å². The zero-order valence-corrected chi connectivity index (χ0v) is 10.0. The second-order valence-corrected chi connectivity index (χ2v) is 6.16. The molecule has 0 radical (unpaired) electrons. The van der Waals surface area contributed by atoms with E-state index in [1.807, 2.05) is 0 Å². The molecule has 2 aliphatic carbocycles. The Morgan fingerprint density at radius 3 is 2.87 bits per heavy atom. The maximum atomic E-state index is 10.2. The van der Waals surface area contributed by atoms with E-state index in [2.05, 4.69) is 11.8 Å². The zero-order valence-electron chi connectivity index (χ0n) is 9.27. The molecule has 3 rings (SSSR count). The van der Waals surface area contributed by atoms with Gasteiger partial charge in [-0.2, -0.15) is 0 Å². The number of nitrogens with zero attached hydrogens (tertiary/aromatic N) is 1. The van der Waals surface area contributed by atoms with E-state index in [9.17, 15) is 5.11 Å². The van der Waals surface area contributed by atoms with Crippen molar-refractivity contribution >= 4 is 11.6 Å². The Balaban J connectivity index is 1.72. The van der Waals surface area contributed by atoms with E-state index in [1.54, 1.807) is 0 Å². The molecule has 2 nitrogen and oxygen atoms in total. The van der Waals surface area contributed by atoms with Crippen molar-refractivity contribution in [3.05, 3.63) is 0 Å². The molecule has 2 bridgehead atoms. The van der Waals surface area contributed by atoms with Gasteiger partial charge in [0.15, 0.2) is 0 Å². The molecule has 6 unspecified atom stereocenters. The minimum atomic E-state index is -0.0451. The predicted octanol–water partition coefficient (Wildman–Crippen LogP) is 1.56. The summed E-state index contributed by atoms with van der Waals surface area (Å²) in [5.41, 5.74) is 0. The third kappa shape index (κ3) is 1.45. The highest BCUT2D eigenvalue weighted by Crippen LogP contribution is 2.54. The quantitative estimate of drug-likeness (QED) is 0.743. The minimum Gasteiger partial charge on any atom is -0.391 e. The number of hydrogen-bond acceptors (Lipinski definition) is 2. The summed E-state index contributed by atoms with van der Waals surface area (Å²) in [5, 5.41) is 10.2. The van der Waals surface area contributed by atoms with Crippen LogP contribution in [-0.2, 0) is 0 Å². The first-order valence-electron chi connectivity index (χ1n) is 6.18. The van der Waals surface area contributed by atoms with Crippen LogP contribution in [0.4, 0.5) is 0 Å². The fraction of sp³-hybridized carbons (Fsp3) is 1.00. The Hall–Kier alpha value is 0.210. The van der Waals surface area contributed by atoms with Crippen LogP contribution in [0.1, 0.15) is 19.8 Å². The van der Waals surface area contributed by atoms with Crippen molar-refractivity contribution in [2.24, 2.45) is 23.7 Å². The molecule has 1 heterocycles. The highest BCUT2D eigenvalue weighted by Gasteiger charge is 2.58. The molecule has 1 aliphatic heterocycles. The fourth-order valence-corrected chi connectivity index (χ4v) is 4.29. The van der Waals surface area contributed by atoms with Gasteiger partial charge in [0.25, 0.3) is 0 Å². The van der Waals surface area contributed by atoms with Crippen LogP contribution in [0.15, 0.2) is 0 Å². The van der Waals surface area contributed by atoms with Gasteiger partial charge in [-0.25, -0.2) is 0 Å². The van der Waals surface area contributed by atoms with Crippen LogP contribution in [0.2, 0.25) is 0 Å². The lowest BCUT2D eigenvalue weighted by Gasteiger charge is -2.30. The van der Waals surface area contributed by atoms with Crippen molar-refractivity contribution in [2.45, 2.75) is 31.9 Å². The SMILES string of the molecule is CC(CCl)CN1CC2CC3CC2C1C3O. The van der Waals surface area contributed by atoms with E-state index in [4.69, 9.17) is 11.6 Å². The van der Waals surface area contributed by atoms with Gasteiger partial charge in [-0.15, -0.1) is 11.6 Å². The molecule has 1 saturated heterocycles. The fourth-order valence-electron chi connectivity index (χ4n) is 4.20. The largest absolute Gasteiger partial charge is 0.391 e. The lowest BCUT2D eigenvalue weighted by Crippen LogP contribution is -2.42. The van der Waals surface area contributed by atoms with E-state index in [-0.39, 0.29) is 6.10 Å². The first kappa shape index (κ1) is 10.4. The molecule has 0 aromatic heterocycles. The normalized spacial score (nSPS) is 50.2. The third-order valence-corrected chi connectivity index (χ3v) is 5.28. The summed E-state index contributed by atoms with van der Waals surface area (Å²) in [6.45, 7) is 4.49. The summed E-state index contributed by atoms with van der Waals surface area (Å²) in [6.07, 6.45) is 2.51. The van der Waals surface area contributed by atoms with E-state index < -0.39 is 0 Å². The molecule has 86 valence electrons. The molecule has 0 aromatic carbocycles. The van der Waals surface area contributed by atoms with Gasteiger partial charge >= 0.3 is 0 Å². The number of aliphatic hydroxyl groups excluding tert-OH is 1. The Bertz CT molecular complexity index is 258. The van der Waals surface area contributed by atoms with Gasteiger partial charge in [0.05, 0.1) is 6.10 Å². The summed E-state index contributed by atoms with van der Waals surface area (Å²) in [6, 6.07) is 0.472. The number of rotatable bonds is 3. The number of alkyl halides is 1. The average Bonchev–Trinajstić information content (AvgIpc) is 2.79. The number of aliphatic hydroxyl groups is 1. The van der Waals surface area contributed by atoms with E-state index >= 15 is 0 Å². The van der Waals surface area contributed by atoms with Crippen molar-refractivity contribution < 1.29 is 5.11 Å². The molecular formula is C12H20ClNO. The molecule has 3 aliphatic rings. The summed E-state index contributed by atoms with van der Waals surface area (Å²) in [4.78, 5) is 2.51. The van der Waals surface area contributed by atoms with Gasteiger partial charge in [-0.1, -0.05) is 6.92 Å². The summed E-state index contributed by atoms with van der Waals surface area (Å²) >= 11 is 5.87. The first-order chi connectivity index (χ1) is 7.20. The van der Waals surface area contributed by atoms with Crippen molar-refractivity contribution in [1.82, 2.24) is 4.90 Å². The lowest BCUT2D eigenvalue weighted by molar-refractivity contribution is 0.0474. The molecular weight excluding hydrogens is 210 g/mol. The highest BCUT2D eigenvalue weighted by molar-refractivity contribution is 6.18. The first-order valence-corrected chi connectivity index (χ1v) is 6.72. The van der Waals surface area contributed by atoms with E-state index in [0.717, 1.165) is 24.3 Å². The monoisotopic (exact) mass is 229 g/mol. The third-order valence-electron chi connectivity index (χ3n) is 4.76. The summed E-state index contributed by atoms with van der Waals surface area (Å²) in [5.74, 6) is 3.58. The molecule has 1 N–H and O–H groups in total. The molecule has 15 heavy (non-hydrogen) atoms. The maximum Gasteiger partial charge on any atom is 0.0726 e. The van der Waals surface area contributed by atoms with Crippen LogP contribution in [-0.4, -0.2) is 41.1 Å². The van der Waals surface area contributed by atoms with Crippen LogP contribution < -0.4 is 0 Å². The van der Waals surface area contributed by atoms with Crippen molar-refractivity contribution in [2.75, 3.05) is 19.0 Å². The van der Waals surface area contributed by atoms with Crippen molar-refractivity contribution in [3.63, 3.8) is 0 Å². The molecule has 6 atom stereocenters. The van der Waals surface area contributed by atoms with Gasteiger partial charge < -0.3 is 5.11 Å². The van der Waals surface area contributed by atoms with Crippen LogP contribution in [0, 0.1) is 23.7 Å². The van der Waals surface area contributed by atoms with Crippen LogP contribution >= 0.6 is 11.6 Å².